The van der Waals surface area contributed by atoms with Crippen molar-refractivity contribution in [1.82, 2.24) is 14.1 Å². The molecule has 1 unspecified atom stereocenters. The predicted molar refractivity (Wildman–Crippen MR) is 78.7 cm³/mol. The Bertz CT molecular complexity index is 532. The first-order valence-corrected chi connectivity index (χ1v) is 9.18. The van der Waals surface area contributed by atoms with Crippen molar-refractivity contribution in [2.75, 3.05) is 38.0 Å². The molecule has 114 valence electrons. The number of anilines is 1. The van der Waals surface area contributed by atoms with Crippen LogP contribution in [0.1, 0.15) is 18.7 Å². The Kier molecular flexibility index (Phi) is 5.30. The zero-order valence-electron chi connectivity index (χ0n) is 11.7. The SMILES string of the molecule is COCCc1nsc(N2CCCC(NS(C)(=O)=O)C2)n1. The minimum Gasteiger partial charge on any atom is -0.384 e. The van der Waals surface area contributed by atoms with Crippen molar-refractivity contribution in [3.8, 4) is 0 Å². The van der Waals surface area contributed by atoms with Crippen LogP contribution in [0.25, 0.3) is 0 Å². The van der Waals surface area contributed by atoms with Crippen molar-refractivity contribution in [1.29, 1.82) is 0 Å². The quantitative estimate of drug-likeness (QED) is 0.808. The largest absolute Gasteiger partial charge is 0.384 e. The third-order valence-electron chi connectivity index (χ3n) is 3.06. The predicted octanol–water partition coefficient (Wildman–Crippen LogP) is 0.245. The number of nitrogens with one attached hydrogen (secondary N) is 1. The minimum absolute atomic E-state index is 0.0509. The number of methoxy groups -OCH3 is 1. The van der Waals surface area contributed by atoms with Crippen molar-refractivity contribution >= 4 is 26.7 Å². The van der Waals surface area contributed by atoms with Crippen LogP contribution < -0.4 is 9.62 Å². The van der Waals surface area contributed by atoms with E-state index in [2.05, 4.69) is 19.0 Å². The van der Waals surface area contributed by atoms with Gasteiger partial charge in [0.15, 0.2) is 0 Å². The lowest BCUT2D eigenvalue weighted by Crippen LogP contribution is -2.47. The molecule has 20 heavy (non-hydrogen) atoms. The van der Waals surface area contributed by atoms with Gasteiger partial charge in [-0.05, 0) is 12.8 Å². The molecule has 0 bridgehead atoms. The smallest absolute Gasteiger partial charge is 0.209 e. The molecule has 1 aromatic heterocycles. The highest BCUT2D eigenvalue weighted by molar-refractivity contribution is 7.88. The molecular formula is C11H20N4O3S2. The Balaban J connectivity index is 1.96. The highest BCUT2D eigenvalue weighted by Gasteiger charge is 2.24. The lowest BCUT2D eigenvalue weighted by Gasteiger charge is -2.32. The van der Waals surface area contributed by atoms with Crippen molar-refractivity contribution in [2.24, 2.45) is 0 Å². The average molecular weight is 320 g/mol. The molecule has 1 N–H and O–H groups in total. The molecule has 0 saturated carbocycles. The van der Waals surface area contributed by atoms with Crippen LogP contribution in [0.3, 0.4) is 0 Å². The van der Waals surface area contributed by atoms with Gasteiger partial charge in [-0.1, -0.05) is 0 Å². The van der Waals surface area contributed by atoms with Gasteiger partial charge in [-0.2, -0.15) is 4.37 Å². The summed E-state index contributed by atoms with van der Waals surface area (Å²) in [5, 5.41) is 0.858. The molecule has 1 saturated heterocycles. The molecule has 0 spiro atoms. The maximum atomic E-state index is 11.3. The maximum absolute atomic E-state index is 11.3. The van der Waals surface area contributed by atoms with Gasteiger partial charge in [-0.3, -0.25) is 0 Å². The van der Waals surface area contributed by atoms with Gasteiger partial charge in [-0.25, -0.2) is 18.1 Å². The lowest BCUT2D eigenvalue weighted by atomic mass is 10.1. The van der Waals surface area contributed by atoms with Crippen LogP contribution in [0.5, 0.6) is 0 Å². The van der Waals surface area contributed by atoms with E-state index in [1.165, 1.54) is 17.8 Å². The van der Waals surface area contributed by atoms with Gasteiger partial charge in [0, 0.05) is 44.2 Å². The Hall–Kier alpha value is -0.770. The van der Waals surface area contributed by atoms with E-state index in [-0.39, 0.29) is 6.04 Å². The van der Waals surface area contributed by atoms with Crippen molar-refractivity contribution in [3.63, 3.8) is 0 Å². The van der Waals surface area contributed by atoms with Gasteiger partial charge in [-0.15, -0.1) is 0 Å². The van der Waals surface area contributed by atoms with Crippen LogP contribution in [0.4, 0.5) is 5.13 Å². The third kappa shape index (κ3) is 4.65. The molecule has 1 aliphatic rings. The first kappa shape index (κ1) is 15.6. The standard InChI is InChI=1S/C11H20N4O3S2/c1-18-7-5-10-12-11(19-13-10)15-6-3-4-9(8-15)14-20(2,16)17/h9,14H,3-8H2,1-2H3. The molecule has 1 aromatic rings. The summed E-state index contributed by atoms with van der Waals surface area (Å²) >= 11 is 1.36. The molecule has 0 radical (unpaired) electrons. The van der Waals surface area contributed by atoms with E-state index in [1.54, 1.807) is 7.11 Å². The second-order valence-electron chi connectivity index (χ2n) is 4.91. The zero-order valence-corrected chi connectivity index (χ0v) is 13.3. The molecule has 1 aliphatic heterocycles. The van der Waals surface area contributed by atoms with E-state index in [1.807, 2.05) is 0 Å². The summed E-state index contributed by atoms with van der Waals surface area (Å²) in [7, 11) is -1.51. The fourth-order valence-electron chi connectivity index (χ4n) is 2.22. The van der Waals surface area contributed by atoms with Gasteiger partial charge in [0.25, 0.3) is 0 Å². The summed E-state index contributed by atoms with van der Waals surface area (Å²) in [6.07, 6.45) is 3.70. The third-order valence-corrected chi connectivity index (χ3v) is 4.64. The number of sulfonamides is 1. The van der Waals surface area contributed by atoms with Crippen molar-refractivity contribution < 1.29 is 13.2 Å². The van der Waals surface area contributed by atoms with Gasteiger partial charge in [0.1, 0.15) is 5.82 Å². The van der Waals surface area contributed by atoms with E-state index < -0.39 is 10.0 Å². The molecule has 9 heteroatoms. The van der Waals surface area contributed by atoms with Crippen molar-refractivity contribution in [3.05, 3.63) is 5.82 Å². The molecule has 7 nitrogen and oxygen atoms in total. The summed E-state index contributed by atoms with van der Waals surface area (Å²) in [6, 6.07) is -0.0509. The molecule has 2 rings (SSSR count). The van der Waals surface area contributed by atoms with Gasteiger partial charge < -0.3 is 9.64 Å². The molecule has 2 heterocycles. The Morgan fingerprint density at radius 3 is 3.05 bits per heavy atom. The van der Waals surface area contributed by atoms with Gasteiger partial charge in [0.2, 0.25) is 15.2 Å². The number of hydrogen-bond acceptors (Lipinski definition) is 7. The summed E-state index contributed by atoms with van der Waals surface area (Å²) in [5.41, 5.74) is 0. The lowest BCUT2D eigenvalue weighted by molar-refractivity contribution is 0.201. The summed E-state index contributed by atoms with van der Waals surface area (Å²) in [4.78, 5) is 6.58. The number of hydrogen-bond donors (Lipinski definition) is 1. The first-order valence-electron chi connectivity index (χ1n) is 6.51. The monoisotopic (exact) mass is 320 g/mol. The molecule has 1 fully saturated rings. The molecule has 1 atom stereocenters. The normalized spacial score (nSPS) is 20.3. The van der Waals surface area contributed by atoms with Crippen LogP contribution in [0, 0.1) is 0 Å². The summed E-state index contributed by atoms with van der Waals surface area (Å²) < 4.78 is 34.6. The number of nitrogens with zero attached hydrogens (tertiary/aromatic N) is 3. The van der Waals surface area contributed by atoms with Crippen LogP contribution in [-0.4, -0.2) is 56.9 Å². The van der Waals surface area contributed by atoms with Crippen LogP contribution in [-0.2, 0) is 21.2 Å². The van der Waals surface area contributed by atoms with Crippen molar-refractivity contribution in [2.45, 2.75) is 25.3 Å². The second-order valence-corrected chi connectivity index (χ2v) is 7.42. The number of rotatable bonds is 6. The topological polar surface area (TPSA) is 84.4 Å². The van der Waals surface area contributed by atoms with Gasteiger partial charge >= 0.3 is 0 Å². The van der Waals surface area contributed by atoms with E-state index in [0.717, 1.165) is 30.3 Å². The molecular weight excluding hydrogens is 300 g/mol. The highest BCUT2D eigenvalue weighted by atomic mass is 32.2. The Labute approximate surface area is 123 Å². The van der Waals surface area contributed by atoms with E-state index in [0.29, 0.717) is 19.6 Å². The number of piperidine rings is 1. The fourth-order valence-corrected chi connectivity index (χ4v) is 3.76. The minimum atomic E-state index is -3.16. The maximum Gasteiger partial charge on any atom is 0.209 e. The van der Waals surface area contributed by atoms with Crippen LogP contribution >= 0.6 is 11.5 Å². The molecule has 0 aliphatic carbocycles. The summed E-state index contributed by atoms with van der Waals surface area (Å²) in [6.45, 7) is 2.14. The van der Waals surface area contributed by atoms with E-state index >= 15 is 0 Å². The Morgan fingerprint density at radius 2 is 2.35 bits per heavy atom. The zero-order chi connectivity index (χ0) is 14.6. The molecule has 0 aromatic carbocycles. The molecule has 0 amide bonds. The average Bonchev–Trinajstić information content (AvgIpc) is 2.83. The number of aromatic nitrogens is 2. The number of ether oxygens (including phenoxy) is 1. The van der Waals surface area contributed by atoms with E-state index in [4.69, 9.17) is 4.74 Å². The second kappa shape index (κ2) is 6.79. The van der Waals surface area contributed by atoms with Crippen LogP contribution in [0.2, 0.25) is 0 Å². The van der Waals surface area contributed by atoms with E-state index in [9.17, 15) is 8.42 Å². The summed E-state index contributed by atoms with van der Waals surface area (Å²) in [5.74, 6) is 0.782. The highest BCUT2D eigenvalue weighted by Crippen LogP contribution is 2.22. The fraction of sp³-hybridized carbons (Fsp3) is 0.818. The Morgan fingerprint density at radius 1 is 1.55 bits per heavy atom. The van der Waals surface area contributed by atoms with Crippen LogP contribution in [0.15, 0.2) is 0 Å². The van der Waals surface area contributed by atoms with Gasteiger partial charge in [0.05, 0.1) is 12.9 Å². The first-order chi connectivity index (χ1) is 9.48.